The zero-order valence-corrected chi connectivity index (χ0v) is 14.4. The zero-order chi connectivity index (χ0) is 16.9. The lowest BCUT2D eigenvalue weighted by molar-refractivity contribution is -0.149. The normalized spacial score (nSPS) is 17.0. The van der Waals surface area contributed by atoms with Crippen LogP contribution in [0.5, 0.6) is 0 Å². The number of esters is 1. The zero-order valence-electron chi connectivity index (χ0n) is 14.4. The van der Waals surface area contributed by atoms with E-state index in [9.17, 15) is 4.79 Å². The molecule has 2 heterocycles. The third kappa shape index (κ3) is 3.51. The lowest BCUT2D eigenvalue weighted by Gasteiger charge is -2.38. The van der Waals surface area contributed by atoms with Crippen LogP contribution >= 0.6 is 0 Å². The topological polar surface area (TPSA) is 45.7 Å². The monoisotopic (exact) mass is 327 g/mol. The van der Waals surface area contributed by atoms with E-state index in [1.54, 1.807) is 0 Å². The number of hydrogen-bond acceptors (Lipinski definition) is 5. The molecule has 0 N–H and O–H groups in total. The summed E-state index contributed by atoms with van der Waals surface area (Å²) >= 11 is 0. The molecule has 1 aromatic carbocycles. The van der Waals surface area contributed by atoms with E-state index in [2.05, 4.69) is 28.0 Å². The van der Waals surface area contributed by atoms with Gasteiger partial charge >= 0.3 is 5.97 Å². The van der Waals surface area contributed by atoms with E-state index < -0.39 is 0 Å². The summed E-state index contributed by atoms with van der Waals surface area (Å²) in [5.74, 6) is 0.912. The van der Waals surface area contributed by atoms with E-state index in [4.69, 9.17) is 9.72 Å². The molecule has 0 saturated carbocycles. The second-order valence-electron chi connectivity index (χ2n) is 6.06. The molecule has 3 rings (SSSR count). The first-order valence-corrected chi connectivity index (χ1v) is 8.74. The van der Waals surface area contributed by atoms with Gasteiger partial charge in [0.15, 0.2) is 0 Å². The molecule has 5 nitrogen and oxygen atoms in total. The quantitative estimate of drug-likeness (QED) is 0.790. The van der Waals surface area contributed by atoms with Crippen LogP contribution in [-0.4, -0.2) is 54.7 Å². The Morgan fingerprint density at radius 3 is 2.58 bits per heavy atom. The highest BCUT2D eigenvalue weighted by molar-refractivity contribution is 5.80. The second kappa shape index (κ2) is 7.62. The van der Waals surface area contributed by atoms with Crippen molar-refractivity contribution in [2.24, 2.45) is 0 Å². The van der Waals surface area contributed by atoms with Crippen molar-refractivity contribution in [1.82, 2.24) is 9.88 Å². The SMILES string of the molecule is CCOC(=O)[C@H](CC)N1CCN(c2ccc3ccccc3n2)CC1. The number of piperazine rings is 1. The minimum absolute atomic E-state index is 0.0997. The highest BCUT2D eigenvalue weighted by atomic mass is 16.5. The number of carbonyl (C=O) groups is 1. The van der Waals surface area contributed by atoms with Gasteiger partial charge in [0, 0.05) is 31.6 Å². The van der Waals surface area contributed by atoms with E-state index in [1.807, 2.05) is 32.0 Å². The smallest absolute Gasteiger partial charge is 0.323 e. The summed E-state index contributed by atoms with van der Waals surface area (Å²) in [7, 11) is 0. The Labute approximate surface area is 143 Å². The van der Waals surface area contributed by atoms with Gasteiger partial charge in [0.25, 0.3) is 0 Å². The molecule has 1 saturated heterocycles. The largest absolute Gasteiger partial charge is 0.465 e. The molecule has 0 spiro atoms. The molecule has 5 heteroatoms. The molecule has 0 aliphatic carbocycles. The van der Waals surface area contributed by atoms with Gasteiger partial charge in [0.05, 0.1) is 12.1 Å². The van der Waals surface area contributed by atoms with Crippen molar-refractivity contribution >= 4 is 22.7 Å². The van der Waals surface area contributed by atoms with Crippen LogP contribution in [0.4, 0.5) is 5.82 Å². The van der Waals surface area contributed by atoms with Crippen LogP contribution in [0.2, 0.25) is 0 Å². The summed E-state index contributed by atoms with van der Waals surface area (Å²) in [6.07, 6.45) is 0.785. The molecule has 1 aliphatic rings. The minimum Gasteiger partial charge on any atom is -0.465 e. The molecule has 0 radical (unpaired) electrons. The lowest BCUT2D eigenvalue weighted by Crippen LogP contribution is -2.53. The molecule has 0 unspecified atom stereocenters. The van der Waals surface area contributed by atoms with E-state index in [0.717, 1.165) is 49.3 Å². The maximum atomic E-state index is 12.1. The number of ether oxygens (including phenoxy) is 1. The third-order valence-corrected chi connectivity index (χ3v) is 4.61. The molecule has 0 bridgehead atoms. The number of hydrogen-bond donors (Lipinski definition) is 0. The molecule has 2 aromatic rings. The van der Waals surface area contributed by atoms with Crippen molar-refractivity contribution in [1.29, 1.82) is 0 Å². The average molecular weight is 327 g/mol. The molecule has 0 amide bonds. The highest BCUT2D eigenvalue weighted by Crippen LogP contribution is 2.20. The first kappa shape index (κ1) is 16.7. The van der Waals surface area contributed by atoms with Crippen molar-refractivity contribution in [2.75, 3.05) is 37.7 Å². The average Bonchev–Trinajstić information content (AvgIpc) is 2.63. The van der Waals surface area contributed by atoms with Gasteiger partial charge in [0.2, 0.25) is 0 Å². The van der Waals surface area contributed by atoms with Crippen LogP contribution in [0.3, 0.4) is 0 Å². The third-order valence-electron chi connectivity index (χ3n) is 4.61. The van der Waals surface area contributed by atoms with Gasteiger partial charge in [-0.05, 0) is 31.5 Å². The molecule has 1 atom stereocenters. The van der Waals surface area contributed by atoms with Gasteiger partial charge < -0.3 is 9.64 Å². The van der Waals surface area contributed by atoms with E-state index in [1.165, 1.54) is 0 Å². The minimum atomic E-state index is -0.128. The van der Waals surface area contributed by atoms with Gasteiger partial charge in [-0.1, -0.05) is 25.1 Å². The van der Waals surface area contributed by atoms with Gasteiger partial charge in [-0.15, -0.1) is 0 Å². The molecule has 24 heavy (non-hydrogen) atoms. The van der Waals surface area contributed by atoms with Crippen LogP contribution in [-0.2, 0) is 9.53 Å². The van der Waals surface area contributed by atoms with E-state index in [0.29, 0.717) is 6.61 Å². The summed E-state index contributed by atoms with van der Waals surface area (Å²) < 4.78 is 5.20. The fourth-order valence-electron chi connectivity index (χ4n) is 3.31. The van der Waals surface area contributed by atoms with Crippen LogP contribution in [0.25, 0.3) is 10.9 Å². The van der Waals surface area contributed by atoms with Crippen LogP contribution in [0.15, 0.2) is 36.4 Å². The number of pyridine rings is 1. The summed E-state index contributed by atoms with van der Waals surface area (Å²) in [4.78, 5) is 21.4. The molecular weight excluding hydrogens is 302 g/mol. The van der Waals surface area contributed by atoms with E-state index in [-0.39, 0.29) is 12.0 Å². The number of aromatic nitrogens is 1. The van der Waals surface area contributed by atoms with Crippen LogP contribution in [0, 0.1) is 0 Å². The second-order valence-corrected chi connectivity index (χ2v) is 6.06. The van der Waals surface area contributed by atoms with Crippen molar-refractivity contribution in [3.05, 3.63) is 36.4 Å². The van der Waals surface area contributed by atoms with Crippen LogP contribution in [0.1, 0.15) is 20.3 Å². The summed E-state index contributed by atoms with van der Waals surface area (Å²) in [6.45, 7) is 7.79. The van der Waals surface area contributed by atoms with E-state index >= 15 is 0 Å². The number of anilines is 1. The molecule has 1 fully saturated rings. The number of nitrogens with zero attached hydrogens (tertiary/aromatic N) is 3. The van der Waals surface area contributed by atoms with Gasteiger partial charge in [-0.25, -0.2) is 4.98 Å². The van der Waals surface area contributed by atoms with Crippen LogP contribution < -0.4 is 4.90 Å². The Hall–Kier alpha value is -2.14. The molecule has 1 aromatic heterocycles. The summed E-state index contributed by atoms with van der Waals surface area (Å²) in [6, 6.07) is 12.2. The van der Waals surface area contributed by atoms with Crippen molar-refractivity contribution in [2.45, 2.75) is 26.3 Å². The molecule has 128 valence electrons. The maximum Gasteiger partial charge on any atom is 0.323 e. The lowest BCUT2D eigenvalue weighted by atomic mass is 10.1. The van der Waals surface area contributed by atoms with Crippen molar-refractivity contribution in [3.63, 3.8) is 0 Å². The molecular formula is C19H25N3O2. The Morgan fingerprint density at radius 2 is 1.88 bits per heavy atom. The number of carbonyl (C=O) groups excluding carboxylic acids is 1. The number of fused-ring (bicyclic) bond motifs is 1. The Balaban J connectivity index is 1.66. The van der Waals surface area contributed by atoms with Gasteiger partial charge in [-0.2, -0.15) is 0 Å². The number of benzene rings is 1. The number of rotatable bonds is 5. The Morgan fingerprint density at radius 1 is 1.12 bits per heavy atom. The highest BCUT2D eigenvalue weighted by Gasteiger charge is 2.29. The van der Waals surface area contributed by atoms with Crippen molar-refractivity contribution in [3.8, 4) is 0 Å². The first-order valence-electron chi connectivity index (χ1n) is 8.74. The van der Waals surface area contributed by atoms with Gasteiger partial charge in [0.1, 0.15) is 11.9 Å². The van der Waals surface area contributed by atoms with Gasteiger partial charge in [-0.3, -0.25) is 9.69 Å². The Bertz CT molecular complexity index is 696. The summed E-state index contributed by atoms with van der Waals surface area (Å²) in [5, 5.41) is 1.16. The maximum absolute atomic E-state index is 12.1. The fraction of sp³-hybridized carbons (Fsp3) is 0.474. The predicted molar refractivity (Wildman–Crippen MR) is 96.2 cm³/mol. The molecule has 1 aliphatic heterocycles. The summed E-state index contributed by atoms with van der Waals surface area (Å²) in [5.41, 5.74) is 1.02. The Kier molecular flexibility index (Phi) is 5.30. The standard InChI is InChI=1S/C19H25N3O2/c1-3-17(19(23)24-4-2)21-11-13-22(14-12-21)18-10-9-15-7-5-6-8-16(15)20-18/h5-10,17H,3-4,11-14H2,1-2H3/t17-/m0/s1. The first-order chi connectivity index (χ1) is 11.7. The van der Waals surface area contributed by atoms with Crippen molar-refractivity contribution < 1.29 is 9.53 Å². The fourth-order valence-corrected chi connectivity index (χ4v) is 3.31. The number of para-hydroxylation sites is 1. The predicted octanol–water partition coefficient (Wildman–Crippen LogP) is 2.70.